The number of thiophene rings is 1. The Balaban J connectivity index is 2.26. The van der Waals surface area contributed by atoms with Gasteiger partial charge in [-0.15, -0.1) is 11.3 Å². The van der Waals surface area contributed by atoms with Gasteiger partial charge in [0.25, 0.3) is 5.69 Å². The van der Waals surface area contributed by atoms with E-state index in [1.54, 1.807) is 17.4 Å². The molecule has 0 fully saturated rings. The Morgan fingerprint density at radius 3 is 2.85 bits per heavy atom. The predicted molar refractivity (Wildman–Crippen MR) is 78.8 cm³/mol. The average molecular weight is 287 g/mol. The van der Waals surface area contributed by atoms with Crippen LogP contribution in [0.15, 0.2) is 35.7 Å². The molecule has 0 amide bonds. The number of nitrogens with zero attached hydrogens (tertiary/aromatic N) is 2. The second-order valence-electron chi connectivity index (χ2n) is 4.22. The second kappa shape index (κ2) is 6.17. The minimum atomic E-state index is -0.543. The lowest BCUT2D eigenvalue weighted by molar-refractivity contribution is -0.385. The molecule has 1 aromatic heterocycles. The highest BCUT2D eigenvalue weighted by atomic mass is 32.1. The SMILES string of the molecule is CCC(Nc1ccc([N+](=O)[O-])c(C#N)c1)c1cccs1. The van der Waals surface area contributed by atoms with Crippen molar-refractivity contribution < 1.29 is 4.92 Å². The number of rotatable bonds is 5. The summed E-state index contributed by atoms with van der Waals surface area (Å²) in [6.45, 7) is 2.06. The van der Waals surface area contributed by atoms with Gasteiger partial charge in [-0.2, -0.15) is 5.26 Å². The van der Waals surface area contributed by atoms with E-state index < -0.39 is 4.92 Å². The summed E-state index contributed by atoms with van der Waals surface area (Å²) in [6.07, 6.45) is 0.888. The van der Waals surface area contributed by atoms with E-state index in [0.717, 1.165) is 6.42 Å². The maximum atomic E-state index is 10.8. The topological polar surface area (TPSA) is 79.0 Å². The zero-order valence-electron chi connectivity index (χ0n) is 10.9. The molecule has 102 valence electrons. The van der Waals surface area contributed by atoms with Crippen molar-refractivity contribution in [3.8, 4) is 6.07 Å². The highest BCUT2D eigenvalue weighted by Gasteiger charge is 2.16. The first-order valence-corrected chi connectivity index (χ1v) is 7.02. The largest absolute Gasteiger partial charge is 0.377 e. The van der Waals surface area contributed by atoms with Crippen molar-refractivity contribution in [1.82, 2.24) is 0 Å². The molecule has 0 saturated heterocycles. The second-order valence-corrected chi connectivity index (χ2v) is 5.20. The Morgan fingerprint density at radius 2 is 2.30 bits per heavy atom. The molecule has 5 nitrogen and oxygen atoms in total. The molecule has 0 aliphatic carbocycles. The molecule has 0 saturated carbocycles. The molecule has 2 aromatic rings. The van der Waals surface area contributed by atoms with Crippen LogP contribution in [0.4, 0.5) is 11.4 Å². The van der Waals surface area contributed by atoms with Gasteiger partial charge < -0.3 is 5.32 Å². The van der Waals surface area contributed by atoms with Crippen molar-refractivity contribution in [2.45, 2.75) is 19.4 Å². The molecule has 1 atom stereocenters. The van der Waals surface area contributed by atoms with E-state index in [4.69, 9.17) is 5.26 Å². The first-order chi connectivity index (χ1) is 9.65. The van der Waals surface area contributed by atoms with E-state index in [1.807, 2.05) is 23.6 Å². The lowest BCUT2D eigenvalue weighted by Crippen LogP contribution is -2.08. The maximum Gasteiger partial charge on any atom is 0.287 e. The van der Waals surface area contributed by atoms with Crippen LogP contribution in [0.1, 0.15) is 29.8 Å². The third-order valence-corrected chi connectivity index (χ3v) is 3.94. The van der Waals surface area contributed by atoms with Crippen LogP contribution in [0.5, 0.6) is 0 Å². The molecule has 0 aliphatic rings. The molecule has 0 spiro atoms. The monoisotopic (exact) mass is 287 g/mol. The van der Waals surface area contributed by atoms with E-state index in [-0.39, 0.29) is 17.3 Å². The molecular weight excluding hydrogens is 274 g/mol. The molecule has 1 aromatic carbocycles. The first-order valence-electron chi connectivity index (χ1n) is 6.14. The standard InChI is InChI=1S/C14H13N3O2S/c1-2-12(14-4-3-7-20-14)16-11-5-6-13(17(18)19)10(8-11)9-15/h3-8,12,16H,2H2,1H3. The normalized spacial score (nSPS) is 11.6. The van der Waals surface area contributed by atoms with Crippen LogP contribution in [-0.4, -0.2) is 4.92 Å². The molecular formula is C14H13N3O2S. The Kier molecular flexibility index (Phi) is 4.33. The summed E-state index contributed by atoms with van der Waals surface area (Å²) in [4.78, 5) is 11.4. The molecule has 1 heterocycles. The van der Waals surface area contributed by atoms with Gasteiger partial charge in [0.1, 0.15) is 11.6 Å². The van der Waals surface area contributed by atoms with Gasteiger partial charge in [0.05, 0.1) is 11.0 Å². The third kappa shape index (κ3) is 2.95. The maximum absolute atomic E-state index is 10.8. The van der Waals surface area contributed by atoms with Crippen molar-refractivity contribution in [2.75, 3.05) is 5.32 Å². The fraction of sp³-hybridized carbons (Fsp3) is 0.214. The first kappa shape index (κ1) is 14.0. The van der Waals surface area contributed by atoms with Gasteiger partial charge in [-0.05, 0) is 30.0 Å². The zero-order valence-corrected chi connectivity index (χ0v) is 11.7. The van der Waals surface area contributed by atoms with Gasteiger partial charge in [-0.3, -0.25) is 10.1 Å². The fourth-order valence-electron chi connectivity index (χ4n) is 1.94. The molecule has 0 radical (unpaired) electrons. The molecule has 1 unspecified atom stereocenters. The van der Waals surface area contributed by atoms with Gasteiger partial charge in [0.15, 0.2) is 0 Å². The highest BCUT2D eigenvalue weighted by molar-refractivity contribution is 7.10. The van der Waals surface area contributed by atoms with Gasteiger partial charge in [-0.25, -0.2) is 0 Å². The lowest BCUT2D eigenvalue weighted by Gasteiger charge is -2.17. The van der Waals surface area contributed by atoms with Crippen molar-refractivity contribution in [1.29, 1.82) is 5.26 Å². The van der Waals surface area contributed by atoms with Crippen LogP contribution in [0.2, 0.25) is 0 Å². The van der Waals surface area contributed by atoms with Crippen LogP contribution in [0, 0.1) is 21.4 Å². The molecule has 1 N–H and O–H groups in total. The predicted octanol–water partition coefficient (Wildman–Crippen LogP) is 4.09. The Morgan fingerprint density at radius 1 is 1.50 bits per heavy atom. The average Bonchev–Trinajstić information content (AvgIpc) is 2.98. The number of nitro benzene ring substituents is 1. The van der Waals surface area contributed by atoms with E-state index in [2.05, 4.69) is 12.2 Å². The van der Waals surface area contributed by atoms with Crippen molar-refractivity contribution in [3.63, 3.8) is 0 Å². The summed E-state index contributed by atoms with van der Waals surface area (Å²) in [5.74, 6) is 0. The number of anilines is 1. The van der Waals surface area contributed by atoms with Crippen LogP contribution < -0.4 is 5.32 Å². The van der Waals surface area contributed by atoms with Crippen LogP contribution in [-0.2, 0) is 0 Å². The van der Waals surface area contributed by atoms with Crippen LogP contribution in [0.3, 0.4) is 0 Å². The third-order valence-electron chi connectivity index (χ3n) is 2.95. The summed E-state index contributed by atoms with van der Waals surface area (Å²) in [5.41, 5.74) is 0.621. The summed E-state index contributed by atoms with van der Waals surface area (Å²) >= 11 is 1.66. The van der Waals surface area contributed by atoms with Crippen LogP contribution in [0.25, 0.3) is 0 Å². The van der Waals surface area contributed by atoms with Gasteiger partial charge in [-0.1, -0.05) is 13.0 Å². The van der Waals surface area contributed by atoms with Crippen LogP contribution >= 0.6 is 11.3 Å². The van der Waals surface area contributed by atoms with E-state index >= 15 is 0 Å². The molecule has 6 heteroatoms. The Hall–Kier alpha value is -2.39. The minimum Gasteiger partial charge on any atom is -0.377 e. The van der Waals surface area contributed by atoms with Gasteiger partial charge in [0.2, 0.25) is 0 Å². The quantitative estimate of drug-likeness (QED) is 0.663. The van der Waals surface area contributed by atoms with E-state index in [0.29, 0.717) is 5.69 Å². The number of benzene rings is 1. The smallest absolute Gasteiger partial charge is 0.287 e. The minimum absolute atomic E-state index is 0.0704. The van der Waals surface area contributed by atoms with E-state index in [9.17, 15) is 10.1 Å². The molecule has 2 rings (SSSR count). The summed E-state index contributed by atoms with van der Waals surface area (Å²) in [6, 6.07) is 10.6. The lowest BCUT2D eigenvalue weighted by atomic mass is 10.1. The Labute approximate surface area is 120 Å². The number of hydrogen-bond acceptors (Lipinski definition) is 5. The number of nitro groups is 1. The number of hydrogen-bond donors (Lipinski definition) is 1. The fourth-order valence-corrected chi connectivity index (χ4v) is 2.80. The summed E-state index contributed by atoms with van der Waals surface area (Å²) in [5, 5.41) is 25.1. The van der Waals surface area contributed by atoms with E-state index in [1.165, 1.54) is 17.0 Å². The number of nitrogens with one attached hydrogen (secondary N) is 1. The van der Waals surface area contributed by atoms with Gasteiger partial charge >= 0.3 is 0 Å². The Bertz CT molecular complexity index is 647. The van der Waals surface area contributed by atoms with Crippen molar-refractivity contribution in [2.24, 2.45) is 0 Å². The molecule has 0 aliphatic heterocycles. The van der Waals surface area contributed by atoms with Crippen molar-refractivity contribution in [3.05, 3.63) is 56.3 Å². The summed E-state index contributed by atoms with van der Waals surface area (Å²) in [7, 11) is 0. The zero-order chi connectivity index (χ0) is 14.5. The van der Waals surface area contributed by atoms with Crippen molar-refractivity contribution >= 4 is 22.7 Å². The van der Waals surface area contributed by atoms with Gasteiger partial charge in [0, 0.05) is 16.6 Å². The highest BCUT2D eigenvalue weighted by Crippen LogP contribution is 2.28. The summed E-state index contributed by atoms with van der Waals surface area (Å²) < 4.78 is 0. The molecule has 20 heavy (non-hydrogen) atoms. The molecule has 0 bridgehead atoms. The number of nitriles is 1.